The van der Waals surface area contributed by atoms with E-state index in [9.17, 15) is 4.79 Å². The van der Waals surface area contributed by atoms with Gasteiger partial charge in [-0.2, -0.15) is 5.10 Å². The van der Waals surface area contributed by atoms with Gasteiger partial charge >= 0.3 is 0 Å². The van der Waals surface area contributed by atoms with Crippen LogP contribution < -0.4 is 14.8 Å². The first-order valence-corrected chi connectivity index (χ1v) is 8.63. The normalized spacial score (nSPS) is 12.9. The lowest BCUT2D eigenvalue weighted by Crippen LogP contribution is -2.37. The average molecular weight is 366 g/mol. The third-order valence-electron chi connectivity index (χ3n) is 4.18. The predicted octanol–water partition coefficient (Wildman–Crippen LogP) is 2.92. The molecule has 3 aromatic rings. The Kier molecular flexibility index (Phi) is 5.71. The SMILES string of the molecule is COc1ccc(O[C@H](C)C(=O)N[C@@H](C)c2ccc(-n3cncn3)cc2)cc1. The molecule has 0 saturated heterocycles. The van der Waals surface area contributed by atoms with E-state index in [1.54, 1.807) is 49.3 Å². The van der Waals surface area contributed by atoms with Crippen LogP contribution in [0.25, 0.3) is 5.69 Å². The molecule has 0 bridgehead atoms. The van der Waals surface area contributed by atoms with E-state index in [2.05, 4.69) is 15.4 Å². The minimum atomic E-state index is -0.615. The van der Waals surface area contributed by atoms with Gasteiger partial charge < -0.3 is 14.8 Å². The maximum absolute atomic E-state index is 12.4. The summed E-state index contributed by atoms with van der Waals surface area (Å²) in [4.78, 5) is 16.4. The number of rotatable bonds is 7. The van der Waals surface area contributed by atoms with E-state index >= 15 is 0 Å². The summed E-state index contributed by atoms with van der Waals surface area (Å²) in [5.41, 5.74) is 1.90. The molecule has 7 nitrogen and oxygen atoms in total. The molecule has 3 rings (SSSR count). The van der Waals surface area contributed by atoms with E-state index in [1.807, 2.05) is 31.2 Å². The fourth-order valence-electron chi connectivity index (χ4n) is 2.58. The van der Waals surface area contributed by atoms with Crippen molar-refractivity contribution in [1.82, 2.24) is 20.1 Å². The van der Waals surface area contributed by atoms with Gasteiger partial charge in [-0.1, -0.05) is 12.1 Å². The number of nitrogens with zero attached hydrogens (tertiary/aromatic N) is 3. The van der Waals surface area contributed by atoms with Crippen molar-refractivity contribution in [2.24, 2.45) is 0 Å². The number of ether oxygens (including phenoxy) is 2. The Hall–Kier alpha value is -3.35. The van der Waals surface area contributed by atoms with Crippen molar-refractivity contribution in [3.8, 4) is 17.2 Å². The second-order valence-electron chi connectivity index (χ2n) is 6.10. The minimum absolute atomic E-state index is 0.149. The zero-order valence-corrected chi connectivity index (χ0v) is 15.5. The number of benzene rings is 2. The Morgan fingerprint density at radius 3 is 2.30 bits per heavy atom. The number of amides is 1. The van der Waals surface area contributed by atoms with Crippen LogP contribution in [0.4, 0.5) is 0 Å². The molecule has 2 aromatic carbocycles. The van der Waals surface area contributed by atoms with Crippen LogP contribution in [0.2, 0.25) is 0 Å². The molecule has 0 aliphatic rings. The molecule has 1 N–H and O–H groups in total. The number of carbonyl (C=O) groups is 1. The van der Waals surface area contributed by atoms with Gasteiger partial charge in [-0.15, -0.1) is 0 Å². The Labute approximate surface area is 158 Å². The van der Waals surface area contributed by atoms with Crippen LogP contribution in [0.1, 0.15) is 25.5 Å². The quantitative estimate of drug-likeness (QED) is 0.696. The van der Waals surface area contributed by atoms with Crippen molar-refractivity contribution in [2.45, 2.75) is 26.0 Å². The molecule has 0 unspecified atom stereocenters. The zero-order chi connectivity index (χ0) is 19.2. The molecule has 1 amide bonds. The van der Waals surface area contributed by atoms with E-state index in [1.165, 1.54) is 6.33 Å². The molecule has 0 spiro atoms. The lowest BCUT2D eigenvalue weighted by atomic mass is 10.1. The summed E-state index contributed by atoms with van der Waals surface area (Å²) in [6.45, 7) is 3.66. The van der Waals surface area contributed by atoms with Crippen LogP contribution >= 0.6 is 0 Å². The van der Waals surface area contributed by atoms with Gasteiger partial charge in [0.25, 0.3) is 5.91 Å². The Morgan fingerprint density at radius 2 is 1.70 bits per heavy atom. The van der Waals surface area contributed by atoms with Crippen molar-refractivity contribution in [3.63, 3.8) is 0 Å². The van der Waals surface area contributed by atoms with Gasteiger partial charge in [0.05, 0.1) is 18.8 Å². The Bertz CT molecular complexity index is 861. The molecule has 0 saturated carbocycles. The summed E-state index contributed by atoms with van der Waals surface area (Å²) in [7, 11) is 1.60. The highest BCUT2D eigenvalue weighted by atomic mass is 16.5. The second-order valence-corrected chi connectivity index (χ2v) is 6.10. The molecule has 0 radical (unpaired) electrons. The third-order valence-corrected chi connectivity index (χ3v) is 4.18. The minimum Gasteiger partial charge on any atom is -0.497 e. The highest BCUT2D eigenvalue weighted by Gasteiger charge is 2.18. The molecule has 1 heterocycles. The number of aromatic nitrogens is 3. The first-order valence-electron chi connectivity index (χ1n) is 8.63. The second kappa shape index (κ2) is 8.35. The number of hydrogen-bond donors (Lipinski definition) is 1. The topological polar surface area (TPSA) is 78.3 Å². The van der Waals surface area contributed by atoms with Crippen LogP contribution in [-0.2, 0) is 4.79 Å². The zero-order valence-electron chi connectivity index (χ0n) is 15.5. The van der Waals surface area contributed by atoms with Crippen molar-refractivity contribution in [3.05, 3.63) is 66.7 Å². The van der Waals surface area contributed by atoms with Gasteiger partial charge in [0.1, 0.15) is 24.2 Å². The van der Waals surface area contributed by atoms with Crippen LogP contribution in [0, 0.1) is 0 Å². The largest absolute Gasteiger partial charge is 0.497 e. The van der Waals surface area contributed by atoms with Crippen molar-refractivity contribution in [1.29, 1.82) is 0 Å². The summed E-state index contributed by atoms with van der Waals surface area (Å²) < 4.78 is 12.5. The molecule has 27 heavy (non-hydrogen) atoms. The van der Waals surface area contributed by atoms with Gasteiger partial charge in [0.2, 0.25) is 0 Å². The maximum Gasteiger partial charge on any atom is 0.261 e. The van der Waals surface area contributed by atoms with E-state index in [0.717, 1.165) is 17.0 Å². The smallest absolute Gasteiger partial charge is 0.261 e. The van der Waals surface area contributed by atoms with Gasteiger partial charge in [0.15, 0.2) is 6.10 Å². The van der Waals surface area contributed by atoms with Gasteiger partial charge in [0, 0.05) is 0 Å². The van der Waals surface area contributed by atoms with Gasteiger partial charge in [-0.3, -0.25) is 4.79 Å². The summed E-state index contributed by atoms with van der Waals surface area (Å²) in [6, 6.07) is 14.8. The Morgan fingerprint density at radius 1 is 1.04 bits per heavy atom. The molecule has 2 atom stereocenters. The van der Waals surface area contributed by atoms with Crippen LogP contribution in [0.5, 0.6) is 11.5 Å². The number of nitrogens with one attached hydrogen (secondary N) is 1. The molecule has 0 fully saturated rings. The molecule has 7 heteroatoms. The fraction of sp³-hybridized carbons (Fsp3) is 0.250. The number of methoxy groups -OCH3 is 1. The molecular weight excluding hydrogens is 344 g/mol. The fourth-order valence-corrected chi connectivity index (χ4v) is 2.58. The first-order chi connectivity index (χ1) is 13.1. The van der Waals surface area contributed by atoms with Crippen molar-refractivity contribution in [2.75, 3.05) is 7.11 Å². The van der Waals surface area contributed by atoms with E-state index < -0.39 is 6.10 Å². The molecule has 140 valence electrons. The first kappa shape index (κ1) is 18.4. The van der Waals surface area contributed by atoms with E-state index in [-0.39, 0.29) is 11.9 Å². The number of hydrogen-bond acceptors (Lipinski definition) is 5. The maximum atomic E-state index is 12.4. The molecular formula is C20H22N4O3. The lowest BCUT2D eigenvalue weighted by Gasteiger charge is -2.19. The van der Waals surface area contributed by atoms with E-state index in [4.69, 9.17) is 9.47 Å². The summed E-state index contributed by atoms with van der Waals surface area (Å²) >= 11 is 0. The number of carbonyl (C=O) groups excluding carboxylic acids is 1. The van der Waals surface area contributed by atoms with E-state index in [0.29, 0.717) is 5.75 Å². The van der Waals surface area contributed by atoms with Crippen LogP contribution in [-0.4, -0.2) is 33.9 Å². The molecule has 1 aromatic heterocycles. The molecule has 0 aliphatic carbocycles. The Balaban J connectivity index is 1.57. The highest BCUT2D eigenvalue weighted by Crippen LogP contribution is 2.19. The van der Waals surface area contributed by atoms with Crippen LogP contribution in [0.3, 0.4) is 0 Å². The predicted molar refractivity (Wildman–Crippen MR) is 101 cm³/mol. The summed E-state index contributed by atoms with van der Waals surface area (Å²) in [5.74, 6) is 1.17. The van der Waals surface area contributed by atoms with Crippen LogP contribution in [0.15, 0.2) is 61.2 Å². The lowest BCUT2D eigenvalue weighted by molar-refractivity contribution is -0.127. The average Bonchev–Trinajstić information content (AvgIpc) is 3.23. The van der Waals surface area contributed by atoms with Crippen molar-refractivity contribution >= 4 is 5.91 Å². The summed E-state index contributed by atoms with van der Waals surface area (Å²) in [6.07, 6.45) is 2.51. The van der Waals surface area contributed by atoms with Gasteiger partial charge in [-0.05, 0) is 55.8 Å². The summed E-state index contributed by atoms with van der Waals surface area (Å²) in [5, 5.41) is 7.06. The third kappa shape index (κ3) is 4.63. The molecule has 0 aliphatic heterocycles. The standard InChI is InChI=1S/C20H22N4O3/c1-14(16-4-6-17(7-5-16)24-13-21-12-22-24)23-20(25)15(2)27-19-10-8-18(26-3)9-11-19/h4-15H,1-3H3,(H,23,25)/t14-,15+/m0/s1. The van der Waals surface area contributed by atoms with Gasteiger partial charge in [-0.25, -0.2) is 9.67 Å². The monoisotopic (exact) mass is 366 g/mol. The highest BCUT2D eigenvalue weighted by molar-refractivity contribution is 5.81. The van der Waals surface area contributed by atoms with Crippen molar-refractivity contribution < 1.29 is 14.3 Å².